The lowest BCUT2D eigenvalue weighted by Crippen LogP contribution is -2.38. The molecule has 0 bridgehead atoms. The highest BCUT2D eigenvalue weighted by molar-refractivity contribution is 5.75. The third-order valence-corrected chi connectivity index (χ3v) is 4.05. The van der Waals surface area contributed by atoms with E-state index in [1.807, 2.05) is 45.0 Å². The van der Waals surface area contributed by atoms with E-state index in [4.69, 9.17) is 10.7 Å². The van der Waals surface area contributed by atoms with Crippen LogP contribution in [0, 0.1) is 5.41 Å². The number of amides is 1. The van der Waals surface area contributed by atoms with Crippen molar-refractivity contribution in [2.45, 2.75) is 39.5 Å². The number of nitrogens with zero attached hydrogens (tertiary/aromatic N) is 2. The van der Waals surface area contributed by atoms with E-state index in [-0.39, 0.29) is 5.97 Å². The lowest BCUT2D eigenvalue weighted by Gasteiger charge is -2.32. The third kappa shape index (κ3) is 4.53. The van der Waals surface area contributed by atoms with Crippen LogP contribution in [0.5, 0.6) is 0 Å². The Balaban J connectivity index is 1.89. The van der Waals surface area contributed by atoms with Crippen molar-refractivity contribution in [3.63, 3.8) is 0 Å². The van der Waals surface area contributed by atoms with E-state index in [1.54, 1.807) is 5.06 Å². The van der Waals surface area contributed by atoms with Crippen molar-refractivity contribution in [2.24, 2.45) is 11.3 Å². The molecule has 1 fully saturated rings. The Morgan fingerprint density at radius 1 is 1.26 bits per heavy atom. The highest BCUT2D eigenvalue weighted by Gasteiger charge is 2.28. The van der Waals surface area contributed by atoms with Gasteiger partial charge in [-0.1, -0.05) is 12.1 Å². The number of hydrazine groups is 1. The van der Waals surface area contributed by atoms with E-state index in [2.05, 4.69) is 0 Å². The summed E-state index contributed by atoms with van der Waals surface area (Å²) in [5.74, 6) is 5.76. The van der Waals surface area contributed by atoms with Gasteiger partial charge in [0.05, 0.1) is 11.1 Å². The van der Waals surface area contributed by atoms with Crippen LogP contribution < -0.4 is 10.9 Å². The Labute approximate surface area is 137 Å². The van der Waals surface area contributed by atoms with Crippen LogP contribution in [0.2, 0.25) is 0 Å². The topological polar surface area (TPSA) is 75.9 Å². The van der Waals surface area contributed by atoms with Crippen molar-refractivity contribution < 1.29 is 14.4 Å². The van der Waals surface area contributed by atoms with Gasteiger partial charge in [-0.05, 0) is 57.2 Å². The normalized spacial score (nSPS) is 16.9. The minimum absolute atomic E-state index is 0.197. The number of piperidine rings is 1. The zero-order valence-corrected chi connectivity index (χ0v) is 14.0. The number of rotatable bonds is 4. The van der Waals surface area contributed by atoms with Gasteiger partial charge in [-0.3, -0.25) is 9.80 Å². The summed E-state index contributed by atoms with van der Waals surface area (Å²) in [6.07, 6.45) is 2.44. The monoisotopic (exact) mass is 319 g/mol. The maximum absolute atomic E-state index is 11.9. The standard InChI is InChI=1S/C17H25N3O3/c1-17(2,3)16(22)23-19-10-8-14(9-11-19)13-4-6-15(7-5-13)20(18)12-21/h4-7,12,14H,8-11,18H2,1-3H3. The molecule has 0 radical (unpaired) electrons. The average molecular weight is 319 g/mol. The second kappa shape index (κ2) is 7.10. The van der Waals surface area contributed by atoms with Gasteiger partial charge in [-0.2, -0.15) is 0 Å². The Morgan fingerprint density at radius 2 is 1.83 bits per heavy atom. The molecular weight excluding hydrogens is 294 g/mol. The lowest BCUT2D eigenvalue weighted by atomic mass is 9.90. The summed E-state index contributed by atoms with van der Waals surface area (Å²) >= 11 is 0. The molecule has 1 aliphatic heterocycles. The molecule has 0 unspecified atom stereocenters. The van der Waals surface area contributed by atoms with E-state index in [0.717, 1.165) is 30.9 Å². The van der Waals surface area contributed by atoms with Crippen molar-refractivity contribution in [1.29, 1.82) is 0 Å². The van der Waals surface area contributed by atoms with Gasteiger partial charge in [0.1, 0.15) is 0 Å². The second-order valence-corrected chi connectivity index (χ2v) is 6.94. The van der Waals surface area contributed by atoms with Crippen LogP contribution in [-0.4, -0.2) is 30.5 Å². The van der Waals surface area contributed by atoms with Crippen LogP contribution in [-0.2, 0) is 14.4 Å². The van der Waals surface area contributed by atoms with Crippen molar-refractivity contribution >= 4 is 18.1 Å². The van der Waals surface area contributed by atoms with Gasteiger partial charge in [0, 0.05) is 13.1 Å². The molecule has 0 saturated carbocycles. The van der Waals surface area contributed by atoms with Gasteiger partial charge in [0.25, 0.3) is 0 Å². The Bertz CT molecular complexity index is 543. The zero-order chi connectivity index (χ0) is 17.0. The Hall–Kier alpha value is -1.92. The molecule has 2 N–H and O–H groups in total. The number of benzene rings is 1. The number of hydrogen-bond acceptors (Lipinski definition) is 5. The summed E-state index contributed by atoms with van der Waals surface area (Å²) in [5, 5.41) is 2.81. The molecule has 1 amide bonds. The molecule has 126 valence electrons. The van der Waals surface area contributed by atoms with Gasteiger partial charge in [-0.15, -0.1) is 5.06 Å². The van der Waals surface area contributed by atoms with Crippen LogP contribution in [0.25, 0.3) is 0 Å². The Morgan fingerprint density at radius 3 is 2.30 bits per heavy atom. The van der Waals surface area contributed by atoms with Crippen LogP contribution in [0.3, 0.4) is 0 Å². The van der Waals surface area contributed by atoms with Crippen molar-refractivity contribution in [3.8, 4) is 0 Å². The molecule has 1 saturated heterocycles. The quantitative estimate of drug-likeness (QED) is 0.398. The molecule has 2 rings (SSSR count). The first-order valence-corrected chi connectivity index (χ1v) is 7.88. The molecule has 0 aromatic heterocycles. The lowest BCUT2D eigenvalue weighted by molar-refractivity contribution is -0.204. The molecule has 1 heterocycles. The number of hydroxylamine groups is 2. The number of anilines is 1. The molecule has 23 heavy (non-hydrogen) atoms. The van der Waals surface area contributed by atoms with Gasteiger partial charge in [0.15, 0.2) is 0 Å². The third-order valence-electron chi connectivity index (χ3n) is 4.05. The minimum Gasteiger partial charge on any atom is -0.367 e. The summed E-state index contributed by atoms with van der Waals surface area (Å²) < 4.78 is 0. The molecule has 0 atom stereocenters. The summed E-state index contributed by atoms with van der Waals surface area (Å²) in [6, 6.07) is 7.69. The van der Waals surface area contributed by atoms with Crippen LogP contribution >= 0.6 is 0 Å². The smallest absolute Gasteiger partial charge is 0.330 e. The highest BCUT2D eigenvalue weighted by Crippen LogP contribution is 2.29. The summed E-state index contributed by atoms with van der Waals surface area (Å²) in [7, 11) is 0. The van der Waals surface area contributed by atoms with Crippen molar-refractivity contribution in [3.05, 3.63) is 29.8 Å². The summed E-state index contributed by atoms with van der Waals surface area (Å²) in [6.45, 7) is 7.01. The molecule has 1 aromatic rings. The summed E-state index contributed by atoms with van der Waals surface area (Å²) in [5.41, 5.74) is 1.40. The molecular formula is C17H25N3O3. The van der Waals surface area contributed by atoms with Gasteiger partial charge < -0.3 is 4.84 Å². The highest BCUT2D eigenvalue weighted by atomic mass is 16.7. The minimum atomic E-state index is -0.487. The Kier molecular flexibility index (Phi) is 5.38. The molecule has 6 nitrogen and oxygen atoms in total. The fourth-order valence-corrected chi connectivity index (χ4v) is 2.51. The van der Waals surface area contributed by atoms with Crippen molar-refractivity contribution in [1.82, 2.24) is 5.06 Å². The summed E-state index contributed by atoms with van der Waals surface area (Å²) in [4.78, 5) is 28.0. The molecule has 1 aliphatic rings. The molecule has 0 spiro atoms. The van der Waals surface area contributed by atoms with E-state index in [0.29, 0.717) is 18.0 Å². The van der Waals surface area contributed by atoms with E-state index < -0.39 is 5.41 Å². The predicted molar refractivity (Wildman–Crippen MR) is 88.3 cm³/mol. The van der Waals surface area contributed by atoms with Crippen molar-refractivity contribution in [2.75, 3.05) is 18.1 Å². The second-order valence-electron chi connectivity index (χ2n) is 6.94. The van der Waals surface area contributed by atoms with E-state index in [1.165, 1.54) is 5.56 Å². The fraction of sp³-hybridized carbons (Fsp3) is 0.529. The predicted octanol–water partition coefficient (Wildman–Crippen LogP) is 2.21. The van der Waals surface area contributed by atoms with E-state index in [9.17, 15) is 9.59 Å². The van der Waals surface area contributed by atoms with Crippen LogP contribution in [0.1, 0.15) is 45.1 Å². The molecule has 0 aliphatic carbocycles. The largest absolute Gasteiger partial charge is 0.367 e. The first-order valence-electron chi connectivity index (χ1n) is 7.88. The first kappa shape index (κ1) is 17.4. The van der Waals surface area contributed by atoms with Crippen LogP contribution in [0.4, 0.5) is 5.69 Å². The van der Waals surface area contributed by atoms with Crippen LogP contribution in [0.15, 0.2) is 24.3 Å². The van der Waals surface area contributed by atoms with Gasteiger partial charge >= 0.3 is 5.97 Å². The number of carbonyl (C=O) groups is 2. The van der Waals surface area contributed by atoms with Gasteiger partial charge in [-0.25, -0.2) is 10.6 Å². The average Bonchev–Trinajstić information content (AvgIpc) is 2.54. The van der Waals surface area contributed by atoms with E-state index >= 15 is 0 Å². The number of carbonyl (C=O) groups excluding carboxylic acids is 2. The molecule has 6 heteroatoms. The fourth-order valence-electron chi connectivity index (χ4n) is 2.51. The SMILES string of the molecule is CC(C)(C)C(=O)ON1CCC(c2ccc(N(N)C=O)cc2)CC1. The first-order chi connectivity index (χ1) is 10.8. The maximum atomic E-state index is 11.9. The molecule has 1 aromatic carbocycles. The zero-order valence-electron chi connectivity index (χ0n) is 14.0. The number of hydrogen-bond donors (Lipinski definition) is 1. The van der Waals surface area contributed by atoms with Gasteiger partial charge in [0.2, 0.25) is 6.41 Å². The number of nitrogens with two attached hydrogens (primary N) is 1. The maximum Gasteiger partial charge on any atom is 0.330 e.